The molecule has 1 saturated carbocycles. The van der Waals surface area contributed by atoms with Gasteiger partial charge in [0.25, 0.3) is 0 Å². The highest BCUT2D eigenvalue weighted by Crippen LogP contribution is 2.40. The first-order chi connectivity index (χ1) is 15.9. The van der Waals surface area contributed by atoms with Crippen molar-refractivity contribution in [3.8, 4) is 0 Å². The summed E-state index contributed by atoms with van der Waals surface area (Å²) >= 11 is 1.78. The Labute approximate surface area is 201 Å². The van der Waals surface area contributed by atoms with Crippen molar-refractivity contribution < 1.29 is 9.84 Å². The standard InChI is InChI=1S/C25H37N5O2S/c1-14(2)32-11-10-26-25-27-17(5)22(24-29-19-8-6-7-9-21(19)33-24)23(30-25)28-20-12-18(13-31)15(3)16(20)4/h6-9,14-16,18-21,31H,10-13H2,1-5H3,(H2,26,27,28,30)/t15-,16+,18+,19?,20+,21?/m0/s1. The van der Waals surface area contributed by atoms with Crippen LogP contribution in [0.2, 0.25) is 0 Å². The molecule has 0 spiro atoms. The van der Waals surface area contributed by atoms with Crippen LogP contribution < -0.4 is 10.6 Å². The molecule has 2 aliphatic carbocycles. The molecular formula is C25H37N5O2S. The Kier molecular flexibility index (Phi) is 7.76. The highest BCUT2D eigenvalue weighted by molar-refractivity contribution is 8.15. The number of hydrogen-bond acceptors (Lipinski definition) is 8. The van der Waals surface area contributed by atoms with Crippen molar-refractivity contribution in [2.75, 3.05) is 30.4 Å². The van der Waals surface area contributed by atoms with Crippen LogP contribution in [-0.4, -0.2) is 63.3 Å². The molecule has 0 radical (unpaired) electrons. The van der Waals surface area contributed by atoms with Crippen molar-refractivity contribution in [2.45, 2.75) is 64.5 Å². The van der Waals surface area contributed by atoms with Crippen LogP contribution in [-0.2, 0) is 4.74 Å². The number of nitrogens with one attached hydrogen (secondary N) is 2. The second-order valence-electron chi connectivity index (χ2n) is 9.63. The fourth-order valence-electron chi connectivity index (χ4n) is 4.85. The Hall–Kier alpha value is -1.90. The summed E-state index contributed by atoms with van der Waals surface area (Å²) in [5.74, 6) is 2.64. The molecule has 33 heavy (non-hydrogen) atoms. The fourth-order valence-corrected chi connectivity index (χ4v) is 6.11. The molecule has 0 bridgehead atoms. The quantitative estimate of drug-likeness (QED) is 0.468. The smallest absolute Gasteiger partial charge is 0.224 e. The number of aliphatic hydroxyl groups excluding tert-OH is 1. The van der Waals surface area contributed by atoms with Gasteiger partial charge in [-0.05, 0) is 44.9 Å². The number of aliphatic hydroxyl groups is 1. The minimum Gasteiger partial charge on any atom is -0.396 e. The molecule has 0 saturated heterocycles. The van der Waals surface area contributed by atoms with Gasteiger partial charge in [0.15, 0.2) is 0 Å². The lowest BCUT2D eigenvalue weighted by molar-refractivity contribution is 0.0870. The van der Waals surface area contributed by atoms with Crippen molar-refractivity contribution in [2.24, 2.45) is 22.7 Å². The predicted molar refractivity (Wildman–Crippen MR) is 137 cm³/mol. The zero-order valence-electron chi connectivity index (χ0n) is 20.3. The molecule has 4 rings (SSSR count). The van der Waals surface area contributed by atoms with Crippen molar-refractivity contribution >= 4 is 28.6 Å². The van der Waals surface area contributed by atoms with E-state index in [2.05, 4.69) is 48.8 Å². The number of fused-ring (bicyclic) bond motifs is 1. The van der Waals surface area contributed by atoms with Gasteiger partial charge in [-0.2, -0.15) is 4.98 Å². The molecule has 0 aromatic carbocycles. The number of hydrogen-bond donors (Lipinski definition) is 3. The maximum Gasteiger partial charge on any atom is 0.224 e. The molecule has 3 N–H and O–H groups in total. The summed E-state index contributed by atoms with van der Waals surface area (Å²) < 4.78 is 5.65. The molecule has 180 valence electrons. The van der Waals surface area contributed by atoms with E-state index in [0.717, 1.165) is 28.5 Å². The summed E-state index contributed by atoms with van der Waals surface area (Å²) in [6.45, 7) is 12.1. The van der Waals surface area contributed by atoms with Gasteiger partial charge in [0.2, 0.25) is 5.95 Å². The first kappa shape index (κ1) is 24.2. The number of ether oxygens (including phenoxy) is 1. The van der Waals surface area contributed by atoms with Crippen LogP contribution in [0.4, 0.5) is 11.8 Å². The number of aromatic nitrogens is 2. The summed E-state index contributed by atoms with van der Waals surface area (Å²) in [5.41, 5.74) is 1.91. The van der Waals surface area contributed by atoms with E-state index in [0.29, 0.717) is 42.1 Å². The molecule has 1 aromatic rings. The van der Waals surface area contributed by atoms with E-state index in [4.69, 9.17) is 19.7 Å². The van der Waals surface area contributed by atoms with Gasteiger partial charge in [-0.25, -0.2) is 4.98 Å². The zero-order valence-corrected chi connectivity index (χ0v) is 21.1. The van der Waals surface area contributed by atoms with Crippen LogP contribution >= 0.6 is 11.8 Å². The molecule has 6 atom stereocenters. The van der Waals surface area contributed by atoms with E-state index in [-0.39, 0.29) is 24.8 Å². The van der Waals surface area contributed by atoms with Crippen molar-refractivity contribution in [3.63, 3.8) is 0 Å². The van der Waals surface area contributed by atoms with E-state index in [9.17, 15) is 5.11 Å². The Morgan fingerprint density at radius 1 is 1.18 bits per heavy atom. The first-order valence-electron chi connectivity index (χ1n) is 12.1. The second kappa shape index (κ2) is 10.6. The second-order valence-corrected chi connectivity index (χ2v) is 10.8. The monoisotopic (exact) mass is 471 g/mol. The van der Waals surface area contributed by atoms with Gasteiger partial charge in [-0.15, -0.1) is 0 Å². The van der Waals surface area contributed by atoms with E-state index in [1.165, 1.54) is 0 Å². The number of nitrogens with zero attached hydrogens (tertiary/aromatic N) is 3. The van der Waals surface area contributed by atoms with Crippen LogP contribution in [0, 0.1) is 24.7 Å². The molecule has 1 aromatic heterocycles. The third kappa shape index (κ3) is 5.44. The fraction of sp³-hybridized carbons (Fsp3) is 0.640. The SMILES string of the molecule is Cc1nc(NCCOC(C)C)nc(N[C@@H]2C[C@H](CO)[C@@H](C)[C@H]2C)c1C1=NC2C=CC=CC2S1. The lowest BCUT2D eigenvalue weighted by atomic mass is 9.92. The van der Waals surface area contributed by atoms with Crippen LogP contribution in [0.5, 0.6) is 0 Å². The summed E-state index contributed by atoms with van der Waals surface area (Å²) in [4.78, 5) is 14.7. The van der Waals surface area contributed by atoms with Gasteiger partial charge >= 0.3 is 0 Å². The number of thioether (sulfide) groups is 1. The molecule has 3 aliphatic rings. The molecule has 1 fully saturated rings. The Morgan fingerprint density at radius 2 is 1.97 bits per heavy atom. The van der Waals surface area contributed by atoms with Crippen LogP contribution in [0.25, 0.3) is 0 Å². The van der Waals surface area contributed by atoms with Gasteiger partial charge in [-0.1, -0.05) is 49.9 Å². The highest BCUT2D eigenvalue weighted by atomic mass is 32.2. The van der Waals surface area contributed by atoms with Gasteiger partial charge in [0.1, 0.15) is 10.9 Å². The van der Waals surface area contributed by atoms with E-state index in [1.54, 1.807) is 11.8 Å². The number of rotatable bonds is 9. The lowest BCUT2D eigenvalue weighted by Crippen LogP contribution is -2.26. The van der Waals surface area contributed by atoms with Crippen LogP contribution in [0.15, 0.2) is 29.3 Å². The van der Waals surface area contributed by atoms with Gasteiger partial charge in [0.05, 0.1) is 35.3 Å². The van der Waals surface area contributed by atoms with Crippen LogP contribution in [0.1, 0.15) is 45.4 Å². The third-order valence-corrected chi connectivity index (χ3v) is 8.27. The Balaban J connectivity index is 1.61. The molecule has 1 aliphatic heterocycles. The molecule has 8 heteroatoms. The summed E-state index contributed by atoms with van der Waals surface area (Å²) in [5, 5.41) is 18.2. The van der Waals surface area contributed by atoms with Gasteiger partial charge < -0.3 is 20.5 Å². The number of allylic oxidation sites excluding steroid dienone is 2. The minimum absolute atomic E-state index is 0.164. The molecular weight excluding hydrogens is 434 g/mol. The highest BCUT2D eigenvalue weighted by Gasteiger charge is 2.39. The molecule has 0 amide bonds. The maximum absolute atomic E-state index is 9.82. The minimum atomic E-state index is 0.164. The normalized spacial score (nSPS) is 30.6. The first-order valence-corrected chi connectivity index (χ1v) is 13.0. The number of aryl methyl sites for hydroxylation is 1. The zero-order chi connectivity index (χ0) is 23.5. The topological polar surface area (TPSA) is 91.7 Å². The average Bonchev–Trinajstić information content (AvgIpc) is 3.32. The summed E-state index contributed by atoms with van der Waals surface area (Å²) in [7, 11) is 0. The lowest BCUT2D eigenvalue weighted by Gasteiger charge is -2.23. The number of aliphatic imine (C=N–C) groups is 1. The van der Waals surface area contributed by atoms with Crippen molar-refractivity contribution in [3.05, 3.63) is 35.6 Å². The predicted octanol–water partition coefficient (Wildman–Crippen LogP) is 4.04. The number of anilines is 2. The van der Waals surface area contributed by atoms with Crippen LogP contribution in [0.3, 0.4) is 0 Å². The molecule has 2 heterocycles. The van der Waals surface area contributed by atoms with E-state index >= 15 is 0 Å². The average molecular weight is 472 g/mol. The van der Waals surface area contributed by atoms with E-state index < -0.39 is 0 Å². The summed E-state index contributed by atoms with van der Waals surface area (Å²) in [6.07, 6.45) is 9.67. The molecule has 7 nitrogen and oxygen atoms in total. The van der Waals surface area contributed by atoms with E-state index in [1.807, 2.05) is 20.8 Å². The van der Waals surface area contributed by atoms with Crippen molar-refractivity contribution in [1.29, 1.82) is 0 Å². The molecule has 2 unspecified atom stereocenters. The Morgan fingerprint density at radius 3 is 2.67 bits per heavy atom. The van der Waals surface area contributed by atoms with Crippen molar-refractivity contribution in [1.82, 2.24) is 9.97 Å². The Bertz CT molecular complexity index is 932. The summed E-state index contributed by atoms with van der Waals surface area (Å²) in [6, 6.07) is 0.411. The maximum atomic E-state index is 9.82. The largest absolute Gasteiger partial charge is 0.396 e. The third-order valence-electron chi connectivity index (χ3n) is 7.03. The van der Waals surface area contributed by atoms with Gasteiger partial charge in [-0.3, -0.25) is 4.99 Å². The van der Waals surface area contributed by atoms with Gasteiger partial charge in [0, 0.05) is 19.2 Å².